The summed E-state index contributed by atoms with van der Waals surface area (Å²) in [6, 6.07) is -0.612. The van der Waals surface area contributed by atoms with Gasteiger partial charge in [0.15, 0.2) is 0 Å². The Morgan fingerprint density at radius 2 is 2.18 bits per heavy atom. The largest absolute Gasteiger partial charge is 0.338 e. The molecule has 1 saturated heterocycles. The zero-order chi connectivity index (χ0) is 12.1. The molecule has 7 heteroatoms. The van der Waals surface area contributed by atoms with Crippen molar-refractivity contribution in [3.05, 3.63) is 0 Å². The number of hydrogen-bond donors (Lipinski definition) is 3. The highest BCUT2D eigenvalue weighted by molar-refractivity contribution is 5.96. The van der Waals surface area contributed by atoms with Crippen LogP contribution in [0.1, 0.15) is 20.3 Å². The second-order valence-corrected chi connectivity index (χ2v) is 4.07. The third-order valence-electron chi connectivity index (χ3n) is 2.76. The van der Waals surface area contributed by atoms with Crippen molar-refractivity contribution in [3.8, 4) is 0 Å². The van der Waals surface area contributed by atoms with Crippen molar-refractivity contribution in [1.29, 1.82) is 0 Å². The molecule has 6 nitrogen and oxygen atoms in total. The molecular formula is C10H21ClN4O2. The second-order valence-electron chi connectivity index (χ2n) is 4.07. The van der Waals surface area contributed by atoms with Gasteiger partial charge in [-0.1, -0.05) is 0 Å². The summed E-state index contributed by atoms with van der Waals surface area (Å²) in [5.74, 6) is -0.278. The van der Waals surface area contributed by atoms with Crippen molar-refractivity contribution in [2.75, 3.05) is 19.6 Å². The van der Waals surface area contributed by atoms with Crippen LogP contribution in [-0.4, -0.2) is 48.6 Å². The summed E-state index contributed by atoms with van der Waals surface area (Å²) in [6.07, 6.45) is 0.902. The summed E-state index contributed by atoms with van der Waals surface area (Å²) in [4.78, 5) is 24.8. The summed E-state index contributed by atoms with van der Waals surface area (Å²) in [6.45, 7) is 5.61. The van der Waals surface area contributed by atoms with Gasteiger partial charge in [0, 0.05) is 25.7 Å². The highest BCUT2D eigenvalue weighted by atomic mass is 35.5. The molecular weight excluding hydrogens is 244 g/mol. The lowest BCUT2D eigenvalue weighted by atomic mass is 10.3. The molecule has 1 fully saturated rings. The predicted molar refractivity (Wildman–Crippen MR) is 68.1 cm³/mol. The summed E-state index contributed by atoms with van der Waals surface area (Å²) in [5.41, 5.74) is 5.76. The SMILES string of the molecule is CCNC(=O)NC(=O)C(C)N1CCC(N)C1.Cl. The molecule has 4 N–H and O–H groups in total. The zero-order valence-corrected chi connectivity index (χ0v) is 11.0. The number of carbonyl (C=O) groups is 2. The average molecular weight is 265 g/mol. The van der Waals surface area contributed by atoms with E-state index in [0.717, 1.165) is 13.0 Å². The van der Waals surface area contributed by atoms with Crippen LogP contribution in [0, 0.1) is 0 Å². The average Bonchev–Trinajstić information content (AvgIpc) is 2.64. The van der Waals surface area contributed by atoms with Crippen LogP contribution < -0.4 is 16.4 Å². The normalized spacial score (nSPS) is 21.5. The molecule has 0 aromatic heterocycles. The van der Waals surface area contributed by atoms with Gasteiger partial charge < -0.3 is 11.1 Å². The molecule has 17 heavy (non-hydrogen) atoms. The van der Waals surface area contributed by atoms with E-state index in [-0.39, 0.29) is 30.4 Å². The van der Waals surface area contributed by atoms with E-state index in [9.17, 15) is 9.59 Å². The molecule has 2 atom stereocenters. The first-order valence-electron chi connectivity index (χ1n) is 5.63. The van der Waals surface area contributed by atoms with Crippen LogP contribution in [0.25, 0.3) is 0 Å². The molecule has 1 aliphatic heterocycles. The van der Waals surface area contributed by atoms with Crippen molar-refractivity contribution in [2.45, 2.75) is 32.4 Å². The fourth-order valence-electron chi connectivity index (χ4n) is 1.75. The van der Waals surface area contributed by atoms with Gasteiger partial charge in [0.2, 0.25) is 5.91 Å². The van der Waals surface area contributed by atoms with Crippen molar-refractivity contribution < 1.29 is 9.59 Å². The lowest BCUT2D eigenvalue weighted by molar-refractivity contribution is -0.124. The number of nitrogens with two attached hydrogens (primary N) is 1. The topological polar surface area (TPSA) is 87.5 Å². The van der Waals surface area contributed by atoms with Gasteiger partial charge in [-0.25, -0.2) is 4.79 Å². The Balaban J connectivity index is 0.00000256. The molecule has 1 heterocycles. The molecule has 0 spiro atoms. The minimum atomic E-state index is -0.442. The minimum Gasteiger partial charge on any atom is -0.338 e. The van der Waals surface area contributed by atoms with Gasteiger partial charge >= 0.3 is 6.03 Å². The summed E-state index contributed by atoms with van der Waals surface area (Å²) < 4.78 is 0. The number of carbonyl (C=O) groups excluding carboxylic acids is 2. The van der Waals surface area contributed by atoms with E-state index in [4.69, 9.17) is 5.73 Å². The van der Waals surface area contributed by atoms with Gasteiger partial charge in [0.1, 0.15) is 0 Å². The Labute approximate surface area is 108 Å². The molecule has 3 amide bonds. The van der Waals surface area contributed by atoms with Crippen molar-refractivity contribution >= 4 is 24.3 Å². The number of rotatable bonds is 3. The number of imide groups is 1. The van der Waals surface area contributed by atoms with Crippen LogP contribution in [0.4, 0.5) is 4.79 Å². The molecule has 0 aromatic rings. The number of halogens is 1. The molecule has 1 rings (SSSR count). The molecule has 0 bridgehead atoms. The van der Waals surface area contributed by atoms with Gasteiger partial charge in [-0.3, -0.25) is 15.0 Å². The highest BCUT2D eigenvalue weighted by Crippen LogP contribution is 2.10. The Hall–Kier alpha value is -0.850. The quantitative estimate of drug-likeness (QED) is 0.652. The monoisotopic (exact) mass is 264 g/mol. The van der Waals surface area contributed by atoms with Crippen LogP contribution in [0.15, 0.2) is 0 Å². The lowest BCUT2D eigenvalue weighted by Crippen LogP contribution is -2.49. The van der Waals surface area contributed by atoms with E-state index < -0.39 is 6.03 Å². The fourth-order valence-corrected chi connectivity index (χ4v) is 1.75. The van der Waals surface area contributed by atoms with Gasteiger partial charge in [0.25, 0.3) is 0 Å². The fraction of sp³-hybridized carbons (Fsp3) is 0.800. The van der Waals surface area contributed by atoms with E-state index in [0.29, 0.717) is 13.1 Å². The van der Waals surface area contributed by atoms with Gasteiger partial charge in [-0.15, -0.1) is 12.4 Å². The summed E-state index contributed by atoms with van der Waals surface area (Å²) in [7, 11) is 0. The van der Waals surface area contributed by atoms with Crippen LogP contribution in [-0.2, 0) is 4.79 Å². The van der Waals surface area contributed by atoms with Gasteiger partial charge in [-0.2, -0.15) is 0 Å². The number of nitrogens with one attached hydrogen (secondary N) is 2. The first-order chi connectivity index (χ1) is 7.54. The zero-order valence-electron chi connectivity index (χ0n) is 10.2. The molecule has 0 aromatic carbocycles. The molecule has 0 radical (unpaired) electrons. The van der Waals surface area contributed by atoms with E-state index >= 15 is 0 Å². The molecule has 0 aliphatic carbocycles. The molecule has 0 saturated carbocycles. The molecule has 2 unspecified atom stereocenters. The van der Waals surface area contributed by atoms with E-state index in [1.807, 2.05) is 4.90 Å². The van der Waals surface area contributed by atoms with Crippen LogP contribution >= 0.6 is 12.4 Å². The third-order valence-corrected chi connectivity index (χ3v) is 2.76. The van der Waals surface area contributed by atoms with E-state index in [1.165, 1.54) is 0 Å². The smallest absolute Gasteiger partial charge is 0.321 e. The first kappa shape index (κ1) is 16.1. The summed E-state index contributed by atoms with van der Waals surface area (Å²) >= 11 is 0. The summed E-state index contributed by atoms with van der Waals surface area (Å²) in [5, 5.41) is 4.82. The molecule has 100 valence electrons. The van der Waals surface area contributed by atoms with Gasteiger partial charge in [0.05, 0.1) is 6.04 Å². The molecule has 1 aliphatic rings. The third kappa shape index (κ3) is 4.89. The van der Waals surface area contributed by atoms with Crippen molar-refractivity contribution in [2.24, 2.45) is 5.73 Å². The maximum atomic E-state index is 11.7. The maximum absolute atomic E-state index is 11.7. The Morgan fingerprint density at radius 3 is 2.65 bits per heavy atom. The standard InChI is InChI=1S/C10H20N4O2.ClH/c1-3-12-10(16)13-9(15)7(2)14-5-4-8(11)6-14;/h7-8H,3-6,11H2,1-2H3,(H2,12,13,15,16);1H. The lowest BCUT2D eigenvalue weighted by Gasteiger charge is -2.22. The minimum absolute atomic E-state index is 0. The number of nitrogens with zero attached hydrogens (tertiary/aromatic N) is 1. The number of hydrogen-bond acceptors (Lipinski definition) is 4. The highest BCUT2D eigenvalue weighted by Gasteiger charge is 2.28. The van der Waals surface area contributed by atoms with E-state index in [1.54, 1.807) is 13.8 Å². The first-order valence-corrected chi connectivity index (χ1v) is 5.63. The Bertz CT molecular complexity index is 275. The van der Waals surface area contributed by atoms with Crippen LogP contribution in [0.2, 0.25) is 0 Å². The number of amides is 3. The Morgan fingerprint density at radius 1 is 1.53 bits per heavy atom. The Kier molecular flexibility index (Phi) is 7.10. The number of likely N-dealkylation sites (tertiary alicyclic amines) is 1. The maximum Gasteiger partial charge on any atom is 0.321 e. The second kappa shape index (κ2) is 7.47. The van der Waals surface area contributed by atoms with Crippen molar-refractivity contribution in [1.82, 2.24) is 15.5 Å². The van der Waals surface area contributed by atoms with Crippen LogP contribution in [0.5, 0.6) is 0 Å². The number of urea groups is 1. The van der Waals surface area contributed by atoms with E-state index in [2.05, 4.69) is 10.6 Å². The van der Waals surface area contributed by atoms with Crippen LogP contribution in [0.3, 0.4) is 0 Å². The van der Waals surface area contributed by atoms with Gasteiger partial charge in [-0.05, 0) is 20.3 Å². The predicted octanol–water partition coefficient (Wildman–Crippen LogP) is -0.325. The van der Waals surface area contributed by atoms with Crippen molar-refractivity contribution in [3.63, 3.8) is 0 Å².